The number of carbonyl (C=O) groups is 1. The smallest absolute Gasteiger partial charge is 0.220 e. The molecular formula is C18H23N3O. The van der Waals surface area contributed by atoms with E-state index in [4.69, 9.17) is 0 Å². The number of amides is 1. The summed E-state index contributed by atoms with van der Waals surface area (Å²) >= 11 is 0. The molecule has 4 heteroatoms. The van der Waals surface area contributed by atoms with Gasteiger partial charge in [0.05, 0.1) is 12.2 Å². The van der Waals surface area contributed by atoms with E-state index in [0.717, 1.165) is 28.9 Å². The van der Waals surface area contributed by atoms with E-state index in [1.807, 2.05) is 54.9 Å². The monoisotopic (exact) mass is 297 g/mol. The highest BCUT2D eigenvalue weighted by Gasteiger charge is 2.12. The summed E-state index contributed by atoms with van der Waals surface area (Å²) in [4.78, 5) is 12.0. The van der Waals surface area contributed by atoms with Crippen molar-refractivity contribution in [2.75, 3.05) is 0 Å². The Bertz CT molecular complexity index is 644. The zero-order chi connectivity index (χ0) is 15.9. The van der Waals surface area contributed by atoms with Crippen LogP contribution in [-0.2, 0) is 24.3 Å². The van der Waals surface area contributed by atoms with Gasteiger partial charge in [0.15, 0.2) is 0 Å². The van der Waals surface area contributed by atoms with Crippen LogP contribution in [0.1, 0.15) is 28.9 Å². The molecule has 0 aliphatic carbocycles. The summed E-state index contributed by atoms with van der Waals surface area (Å²) in [7, 11) is 0. The van der Waals surface area contributed by atoms with Gasteiger partial charge in [0, 0.05) is 18.7 Å². The first kappa shape index (κ1) is 16.0. The number of carbonyl (C=O) groups excluding carboxylic acids is 1. The van der Waals surface area contributed by atoms with Crippen LogP contribution in [0.25, 0.3) is 0 Å². The zero-order valence-electron chi connectivity index (χ0n) is 13.3. The summed E-state index contributed by atoms with van der Waals surface area (Å²) in [5.74, 6) is 0.0686. The second-order valence-electron chi connectivity index (χ2n) is 5.38. The largest absolute Gasteiger partial charge is 0.352 e. The van der Waals surface area contributed by atoms with Crippen molar-refractivity contribution in [1.29, 1.82) is 0 Å². The maximum atomic E-state index is 12.0. The molecule has 2 aromatic rings. The number of aryl methyl sites for hydroxylation is 1. The van der Waals surface area contributed by atoms with Gasteiger partial charge in [0.25, 0.3) is 0 Å². The molecule has 0 spiro atoms. The van der Waals surface area contributed by atoms with Crippen LogP contribution in [0.3, 0.4) is 0 Å². The van der Waals surface area contributed by atoms with E-state index in [9.17, 15) is 4.79 Å². The van der Waals surface area contributed by atoms with Crippen molar-refractivity contribution < 1.29 is 4.79 Å². The Morgan fingerprint density at radius 3 is 2.73 bits per heavy atom. The van der Waals surface area contributed by atoms with Crippen molar-refractivity contribution in [3.05, 3.63) is 65.5 Å². The molecule has 116 valence electrons. The van der Waals surface area contributed by atoms with Crippen molar-refractivity contribution in [1.82, 2.24) is 15.1 Å². The number of hydrogen-bond acceptors (Lipinski definition) is 2. The summed E-state index contributed by atoms with van der Waals surface area (Å²) in [5.41, 5.74) is 4.39. The number of nitrogens with one attached hydrogen (secondary N) is 1. The molecule has 1 aromatic heterocycles. The van der Waals surface area contributed by atoms with Crippen LogP contribution in [-0.4, -0.2) is 15.7 Å². The topological polar surface area (TPSA) is 46.9 Å². The average molecular weight is 297 g/mol. The van der Waals surface area contributed by atoms with Gasteiger partial charge in [0.1, 0.15) is 0 Å². The Morgan fingerprint density at radius 1 is 1.32 bits per heavy atom. The highest BCUT2D eigenvalue weighted by Crippen LogP contribution is 2.15. The van der Waals surface area contributed by atoms with E-state index in [-0.39, 0.29) is 5.91 Å². The van der Waals surface area contributed by atoms with Crippen LogP contribution in [0, 0.1) is 13.8 Å². The number of hydrogen-bond donors (Lipinski definition) is 1. The van der Waals surface area contributed by atoms with Crippen molar-refractivity contribution >= 4 is 5.91 Å². The van der Waals surface area contributed by atoms with E-state index in [2.05, 4.69) is 17.0 Å². The van der Waals surface area contributed by atoms with E-state index < -0.39 is 0 Å². The normalized spacial score (nSPS) is 10.5. The Balaban J connectivity index is 1.87. The highest BCUT2D eigenvalue weighted by molar-refractivity contribution is 5.76. The molecule has 0 bridgehead atoms. The SMILES string of the molecule is C=CCn1nc(C)c(CCC(=O)NCc2ccccc2)c1C. The maximum absolute atomic E-state index is 12.0. The molecule has 1 N–H and O–H groups in total. The van der Waals surface area contributed by atoms with Crippen LogP contribution >= 0.6 is 0 Å². The Morgan fingerprint density at radius 2 is 2.05 bits per heavy atom. The molecule has 1 heterocycles. The summed E-state index contributed by atoms with van der Waals surface area (Å²) in [6, 6.07) is 9.93. The molecule has 0 radical (unpaired) electrons. The predicted molar refractivity (Wildman–Crippen MR) is 88.5 cm³/mol. The molecular weight excluding hydrogens is 274 g/mol. The lowest BCUT2D eigenvalue weighted by Crippen LogP contribution is -2.23. The van der Waals surface area contributed by atoms with E-state index in [1.165, 1.54) is 0 Å². The fourth-order valence-corrected chi connectivity index (χ4v) is 2.52. The van der Waals surface area contributed by atoms with Gasteiger partial charge in [-0.1, -0.05) is 36.4 Å². The van der Waals surface area contributed by atoms with Crippen molar-refractivity contribution in [3.63, 3.8) is 0 Å². The molecule has 1 amide bonds. The number of benzene rings is 1. The van der Waals surface area contributed by atoms with Gasteiger partial charge in [0.2, 0.25) is 5.91 Å². The van der Waals surface area contributed by atoms with Crippen LogP contribution in [0.5, 0.6) is 0 Å². The number of aromatic nitrogens is 2. The van der Waals surface area contributed by atoms with Crippen LogP contribution in [0.2, 0.25) is 0 Å². The number of allylic oxidation sites excluding steroid dienone is 1. The lowest BCUT2D eigenvalue weighted by molar-refractivity contribution is -0.121. The minimum absolute atomic E-state index is 0.0686. The Hall–Kier alpha value is -2.36. The molecule has 2 rings (SSSR count). The molecule has 0 unspecified atom stereocenters. The molecule has 0 atom stereocenters. The molecule has 0 saturated carbocycles. The predicted octanol–water partition coefficient (Wildman–Crippen LogP) is 2.93. The average Bonchev–Trinajstić information content (AvgIpc) is 2.79. The first-order chi connectivity index (χ1) is 10.6. The fourth-order valence-electron chi connectivity index (χ4n) is 2.52. The summed E-state index contributed by atoms with van der Waals surface area (Å²) in [5, 5.41) is 7.44. The lowest BCUT2D eigenvalue weighted by Gasteiger charge is -2.06. The second-order valence-corrected chi connectivity index (χ2v) is 5.38. The summed E-state index contributed by atoms with van der Waals surface area (Å²) in [6.45, 7) is 9.05. The molecule has 4 nitrogen and oxygen atoms in total. The molecule has 0 saturated heterocycles. The minimum atomic E-state index is 0.0686. The molecule has 0 aliphatic heterocycles. The van der Waals surface area contributed by atoms with Crippen molar-refractivity contribution in [3.8, 4) is 0 Å². The van der Waals surface area contributed by atoms with Gasteiger partial charge >= 0.3 is 0 Å². The van der Waals surface area contributed by atoms with E-state index >= 15 is 0 Å². The molecule has 1 aromatic carbocycles. The first-order valence-corrected chi connectivity index (χ1v) is 7.56. The van der Waals surface area contributed by atoms with Crippen LogP contribution in [0.4, 0.5) is 0 Å². The Labute approximate surface area is 131 Å². The van der Waals surface area contributed by atoms with E-state index in [0.29, 0.717) is 19.5 Å². The molecule has 0 fully saturated rings. The maximum Gasteiger partial charge on any atom is 0.220 e. The van der Waals surface area contributed by atoms with Gasteiger partial charge in [-0.2, -0.15) is 5.10 Å². The number of nitrogens with zero attached hydrogens (tertiary/aromatic N) is 2. The lowest BCUT2D eigenvalue weighted by atomic mass is 10.1. The van der Waals surface area contributed by atoms with Crippen molar-refractivity contribution in [2.45, 2.75) is 39.8 Å². The van der Waals surface area contributed by atoms with E-state index in [1.54, 1.807) is 0 Å². The molecule has 0 aliphatic rings. The van der Waals surface area contributed by atoms with Crippen LogP contribution in [0.15, 0.2) is 43.0 Å². The van der Waals surface area contributed by atoms with Gasteiger partial charge < -0.3 is 5.32 Å². The molecule has 22 heavy (non-hydrogen) atoms. The van der Waals surface area contributed by atoms with Gasteiger partial charge in [-0.15, -0.1) is 6.58 Å². The third-order valence-corrected chi connectivity index (χ3v) is 3.77. The highest BCUT2D eigenvalue weighted by atomic mass is 16.1. The minimum Gasteiger partial charge on any atom is -0.352 e. The number of rotatable bonds is 7. The Kier molecular flexibility index (Phi) is 5.53. The van der Waals surface area contributed by atoms with Crippen LogP contribution < -0.4 is 5.32 Å². The summed E-state index contributed by atoms with van der Waals surface area (Å²) < 4.78 is 1.93. The first-order valence-electron chi connectivity index (χ1n) is 7.56. The zero-order valence-corrected chi connectivity index (χ0v) is 13.3. The third-order valence-electron chi connectivity index (χ3n) is 3.77. The standard InChI is InChI=1S/C18H23N3O/c1-4-12-21-15(3)17(14(2)20-21)10-11-18(22)19-13-16-8-6-5-7-9-16/h4-9H,1,10-13H2,2-3H3,(H,19,22). The fraction of sp³-hybridized carbons (Fsp3) is 0.333. The van der Waals surface area contributed by atoms with Gasteiger partial charge in [-0.05, 0) is 31.4 Å². The third kappa shape index (κ3) is 4.07. The summed E-state index contributed by atoms with van der Waals surface area (Å²) in [6.07, 6.45) is 3.03. The quantitative estimate of drug-likeness (QED) is 0.799. The van der Waals surface area contributed by atoms with Crippen molar-refractivity contribution in [2.24, 2.45) is 0 Å². The second kappa shape index (κ2) is 7.59. The van der Waals surface area contributed by atoms with Gasteiger partial charge in [-0.25, -0.2) is 0 Å². The van der Waals surface area contributed by atoms with Gasteiger partial charge in [-0.3, -0.25) is 9.48 Å².